The fourth-order valence-corrected chi connectivity index (χ4v) is 4.22. The molecule has 6 heteroatoms. The number of aromatic nitrogens is 2. The quantitative estimate of drug-likeness (QED) is 0.592. The molecule has 0 saturated carbocycles. The second-order valence-corrected chi connectivity index (χ2v) is 7.76. The minimum Gasteiger partial charge on any atom is -0.491 e. The van der Waals surface area contributed by atoms with Crippen LogP contribution < -0.4 is 15.0 Å². The number of ether oxygens (including phenoxy) is 1. The van der Waals surface area contributed by atoms with Crippen LogP contribution in [0.15, 0.2) is 67.0 Å². The first-order valence-corrected chi connectivity index (χ1v) is 10.4. The van der Waals surface area contributed by atoms with Crippen molar-refractivity contribution in [2.75, 3.05) is 4.90 Å². The molecule has 1 aliphatic heterocycles. The SMILES string of the molecule is CCn1cccc1C1C(c2ccccn2)NC(=S)N1c1ccc(OC(C)C)cc1. The first-order chi connectivity index (χ1) is 14.1. The second-order valence-electron chi connectivity index (χ2n) is 7.38. The Labute approximate surface area is 177 Å². The van der Waals surface area contributed by atoms with Crippen molar-refractivity contribution >= 4 is 23.0 Å². The minimum absolute atomic E-state index is 0.00390. The minimum atomic E-state index is -0.0320. The number of pyridine rings is 1. The Morgan fingerprint density at radius 3 is 2.55 bits per heavy atom. The number of rotatable bonds is 6. The van der Waals surface area contributed by atoms with Crippen molar-refractivity contribution in [1.82, 2.24) is 14.9 Å². The van der Waals surface area contributed by atoms with Crippen LogP contribution >= 0.6 is 12.2 Å². The van der Waals surface area contributed by atoms with E-state index in [4.69, 9.17) is 17.0 Å². The number of hydrogen-bond donors (Lipinski definition) is 1. The lowest BCUT2D eigenvalue weighted by molar-refractivity contribution is 0.242. The lowest BCUT2D eigenvalue weighted by Gasteiger charge is -2.29. The lowest BCUT2D eigenvalue weighted by Crippen LogP contribution is -2.30. The summed E-state index contributed by atoms with van der Waals surface area (Å²) < 4.78 is 8.07. The molecule has 0 spiro atoms. The number of anilines is 1. The zero-order chi connectivity index (χ0) is 20.4. The highest BCUT2D eigenvalue weighted by atomic mass is 32.1. The summed E-state index contributed by atoms with van der Waals surface area (Å²) in [7, 11) is 0. The van der Waals surface area contributed by atoms with E-state index in [0.29, 0.717) is 5.11 Å². The third kappa shape index (κ3) is 3.85. The molecule has 3 aromatic rings. The predicted octanol–water partition coefficient (Wildman–Crippen LogP) is 4.87. The van der Waals surface area contributed by atoms with Gasteiger partial charge in [0, 0.05) is 30.3 Å². The summed E-state index contributed by atoms with van der Waals surface area (Å²) in [6, 6.07) is 18.4. The molecule has 5 nitrogen and oxygen atoms in total. The zero-order valence-electron chi connectivity index (χ0n) is 16.9. The van der Waals surface area contributed by atoms with Crippen LogP contribution in [-0.4, -0.2) is 20.8 Å². The summed E-state index contributed by atoms with van der Waals surface area (Å²) >= 11 is 5.78. The normalized spacial score (nSPS) is 18.9. The molecular weight excluding hydrogens is 380 g/mol. The smallest absolute Gasteiger partial charge is 0.174 e. The number of benzene rings is 1. The van der Waals surface area contributed by atoms with Crippen LogP contribution in [0.25, 0.3) is 0 Å². The fourth-order valence-electron chi connectivity index (χ4n) is 3.87. The average molecular weight is 407 g/mol. The molecule has 0 aliphatic carbocycles. The number of hydrogen-bond acceptors (Lipinski definition) is 3. The number of aryl methyl sites for hydroxylation is 1. The first-order valence-electron chi connectivity index (χ1n) is 10.0. The molecule has 2 atom stereocenters. The molecule has 29 heavy (non-hydrogen) atoms. The predicted molar refractivity (Wildman–Crippen MR) is 120 cm³/mol. The highest BCUT2D eigenvalue weighted by molar-refractivity contribution is 7.80. The zero-order valence-corrected chi connectivity index (χ0v) is 17.8. The van der Waals surface area contributed by atoms with Gasteiger partial charge < -0.3 is 19.5 Å². The van der Waals surface area contributed by atoms with Crippen molar-refractivity contribution in [3.8, 4) is 5.75 Å². The van der Waals surface area contributed by atoms with Crippen LogP contribution in [0.3, 0.4) is 0 Å². The fraction of sp³-hybridized carbons (Fsp3) is 0.304. The van der Waals surface area contributed by atoms with Gasteiger partial charge in [-0.15, -0.1) is 0 Å². The van der Waals surface area contributed by atoms with Gasteiger partial charge >= 0.3 is 0 Å². The van der Waals surface area contributed by atoms with Crippen LogP contribution in [-0.2, 0) is 6.54 Å². The van der Waals surface area contributed by atoms with E-state index < -0.39 is 0 Å². The van der Waals surface area contributed by atoms with Gasteiger partial charge in [-0.05, 0) is 81.5 Å². The maximum atomic E-state index is 5.80. The third-order valence-electron chi connectivity index (χ3n) is 5.09. The van der Waals surface area contributed by atoms with Crippen molar-refractivity contribution in [3.63, 3.8) is 0 Å². The highest BCUT2D eigenvalue weighted by Crippen LogP contribution is 2.41. The Morgan fingerprint density at radius 2 is 1.90 bits per heavy atom. The topological polar surface area (TPSA) is 42.3 Å². The van der Waals surface area contributed by atoms with Crippen LogP contribution in [0, 0.1) is 0 Å². The molecule has 0 bridgehead atoms. The molecule has 4 rings (SSSR count). The molecule has 1 fully saturated rings. The maximum Gasteiger partial charge on any atom is 0.174 e. The van der Waals surface area contributed by atoms with Crippen molar-refractivity contribution < 1.29 is 4.74 Å². The molecular formula is C23H26N4OS. The molecule has 150 valence electrons. The van der Waals surface area contributed by atoms with Crippen molar-refractivity contribution in [2.45, 2.75) is 45.5 Å². The Balaban J connectivity index is 1.76. The molecule has 2 aromatic heterocycles. The van der Waals surface area contributed by atoms with E-state index in [9.17, 15) is 0 Å². The number of nitrogens with one attached hydrogen (secondary N) is 1. The van der Waals surface area contributed by atoms with Crippen LogP contribution in [0.4, 0.5) is 5.69 Å². The van der Waals surface area contributed by atoms with Crippen molar-refractivity contribution in [3.05, 3.63) is 78.4 Å². The monoisotopic (exact) mass is 406 g/mol. The summed E-state index contributed by atoms with van der Waals surface area (Å²) in [6.07, 6.45) is 4.09. The molecule has 0 radical (unpaired) electrons. The largest absolute Gasteiger partial charge is 0.491 e. The third-order valence-corrected chi connectivity index (χ3v) is 5.41. The van der Waals surface area contributed by atoms with Gasteiger partial charge in [0.15, 0.2) is 5.11 Å². The van der Waals surface area contributed by atoms with E-state index in [-0.39, 0.29) is 18.2 Å². The van der Waals surface area contributed by atoms with Gasteiger partial charge in [-0.2, -0.15) is 0 Å². The van der Waals surface area contributed by atoms with Gasteiger partial charge in [0.1, 0.15) is 11.8 Å². The molecule has 1 aliphatic rings. The molecule has 0 amide bonds. The lowest BCUT2D eigenvalue weighted by atomic mass is 10.0. The van der Waals surface area contributed by atoms with E-state index in [1.54, 1.807) is 0 Å². The van der Waals surface area contributed by atoms with Gasteiger partial charge in [0.25, 0.3) is 0 Å². The average Bonchev–Trinajstić information content (AvgIpc) is 3.32. The molecule has 1 N–H and O–H groups in total. The van der Waals surface area contributed by atoms with Crippen LogP contribution in [0.1, 0.15) is 44.2 Å². The van der Waals surface area contributed by atoms with Gasteiger partial charge in [-0.25, -0.2) is 0 Å². The van der Waals surface area contributed by atoms with Gasteiger partial charge in [-0.1, -0.05) is 6.07 Å². The van der Waals surface area contributed by atoms with E-state index in [1.807, 2.05) is 44.3 Å². The number of thiocarbonyl (C=S) groups is 1. The Kier molecular flexibility index (Phi) is 5.53. The molecule has 1 aromatic carbocycles. The molecule has 1 saturated heterocycles. The van der Waals surface area contributed by atoms with Crippen molar-refractivity contribution in [2.24, 2.45) is 0 Å². The first kappa shape index (κ1) is 19.5. The van der Waals surface area contributed by atoms with E-state index >= 15 is 0 Å². The van der Waals surface area contributed by atoms with Gasteiger partial charge in [-0.3, -0.25) is 4.98 Å². The summed E-state index contributed by atoms with van der Waals surface area (Å²) in [5.74, 6) is 0.858. The standard InChI is InChI=1S/C23H26N4OS/c1-4-26-15-7-9-20(26)22-21(19-8-5-6-14-24-19)25-23(29)27(22)17-10-12-18(13-11-17)28-16(2)3/h5-16,21-22H,4H2,1-3H3,(H,25,29). The van der Waals surface area contributed by atoms with Crippen LogP contribution in [0.5, 0.6) is 5.75 Å². The summed E-state index contributed by atoms with van der Waals surface area (Å²) in [5, 5.41) is 4.21. The second kappa shape index (κ2) is 8.25. The van der Waals surface area contributed by atoms with Gasteiger partial charge in [0.2, 0.25) is 0 Å². The van der Waals surface area contributed by atoms with Crippen molar-refractivity contribution in [1.29, 1.82) is 0 Å². The van der Waals surface area contributed by atoms with Crippen LogP contribution in [0.2, 0.25) is 0 Å². The van der Waals surface area contributed by atoms with E-state index in [1.165, 1.54) is 5.69 Å². The van der Waals surface area contributed by atoms with Gasteiger partial charge in [0.05, 0.1) is 17.8 Å². The summed E-state index contributed by atoms with van der Waals surface area (Å²) in [5.41, 5.74) is 3.22. The summed E-state index contributed by atoms with van der Waals surface area (Å²) in [4.78, 5) is 6.80. The Morgan fingerprint density at radius 1 is 1.10 bits per heavy atom. The molecule has 2 unspecified atom stereocenters. The Hall–Kier alpha value is -2.86. The highest BCUT2D eigenvalue weighted by Gasteiger charge is 2.41. The summed E-state index contributed by atoms with van der Waals surface area (Å²) in [6.45, 7) is 7.11. The Bertz CT molecular complexity index is 968. The number of nitrogens with zero attached hydrogens (tertiary/aromatic N) is 3. The molecule has 3 heterocycles. The maximum absolute atomic E-state index is 5.80. The van der Waals surface area contributed by atoms with E-state index in [2.05, 4.69) is 63.2 Å². The van der Waals surface area contributed by atoms with E-state index in [0.717, 1.165) is 23.7 Å².